The molecule has 0 unspecified atom stereocenters. The summed E-state index contributed by atoms with van der Waals surface area (Å²) in [6.45, 7) is -0.295. The van der Waals surface area contributed by atoms with E-state index in [1.807, 2.05) is 0 Å². The Kier molecular flexibility index (Phi) is 7.31. The highest BCUT2D eigenvalue weighted by molar-refractivity contribution is 7.92. The third-order valence-corrected chi connectivity index (χ3v) is 6.40. The number of nitrogens with zero attached hydrogens (tertiary/aromatic N) is 2. The Morgan fingerprint density at radius 3 is 2.23 bits per heavy atom. The van der Waals surface area contributed by atoms with Crippen LogP contribution in [0.1, 0.15) is 16.7 Å². The van der Waals surface area contributed by atoms with Gasteiger partial charge in [-0.3, -0.25) is 14.2 Å². The van der Waals surface area contributed by atoms with Crippen LogP contribution in [0.2, 0.25) is 0 Å². The second-order valence-corrected chi connectivity index (χ2v) is 12.2. The fraction of sp³-hybridized carbons (Fsp3) is 0.227. The van der Waals surface area contributed by atoms with Gasteiger partial charge in [0.1, 0.15) is 11.4 Å². The number of nitrogens with one attached hydrogen (secondary N) is 5. The number of rotatable bonds is 9. The van der Waals surface area contributed by atoms with Crippen molar-refractivity contribution in [3.8, 4) is 0 Å². The molecule has 17 heteroatoms. The van der Waals surface area contributed by atoms with Crippen molar-refractivity contribution in [3.63, 3.8) is 0 Å². The Hall–Kier alpha value is -4.12. The van der Waals surface area contributed by atoms with Crippen LogP contribution in [0.5, 0.6) is 0 Å². The SMILES string of the molecule is CS(=O)(=O)Nc1cc(CNc2nc(Nc3cccc4c3CC(=O)N4)ncc2C(F)(F)F)cc(NS(C)(=O)=O)c1. The predicted molar refractivity (Wildman–Crippen MR) is 140 cm³/mol. The molecule has 0 aliphatic carbocycles. The van der Waals surface area contributed by atoms with Gasteiger partial charge in [0.25, 0.3) is 0 Å². The largest absolute Gasteiger partial charge is 0.421 e. The maximum atomic E-state index is 13.7. The Morgan fingerprint density at radius 1 is 1.00 bits per heavy atom. The molecule has 2 heterocycles. The lowest BCUT2D eigenvalue weighted by molar-refractivity contribution is -0.137. The van der Waals surface area contributed by atoms with E-state index in [2.05, 4.69) is 35.4 Å². The molecule has 0 spiro atoms. The van der Waals surface area contributed by atoms with Gasteiger partial charge >= 0.3 is 6.18 Å². The van der Waals surface area contributed by atoms with Gasteiger partial charge in [-0.1, -0.05) is 6.07 Å². The Balaban J connectivity index is 1.65. The van der Waals surface area contributed by atoms with Crippen molar-refractivity contribution in [3.05, 3.63) is 59.3 Å². The quantitative estimate of drug-likeness (QED) is 0.253. The summed E-state index contributed by atoms with van der Waals surface area (Å²) in [4.78, 5) is 19.5. The van der Waals surface area contributed by atoms with Gasteiger partial charge in [0.15, 0.2) is 0 Å². The van der Waals surface area contributed by atoms with E-state index < -0.39 is 37.6 Å². The highest BCUT2D eigenvalue weighted by atomic mass is 32.2. The highest BCUT2D eigenvalue weighted by Crippen LogP contribution is 2.36. The summed E-state index contributed by atoms with van der Waals surface area (Å²) in [7, 11) is -7.48. The fourth-order valence-electron chi connectivity index (χ4n) is 3.80. The Labute approximate surface area is 221 Å². The number of halogens is 3. The van der Waals surface area contributed by atoms with Crippen LogP contribution in [0.4, 0.5) is 47.7 Å². The van der Waals surface area contributed by atoms with E-state index in [0.29, 0.717) is 23.1 Å². The summed E-state index contributed by atoms with van der Waals surface area (Å²) in [6, 6.07) is 8.83. The molecule has 1 aromatic heterocycles. The Morgan fingerprint density at radius 2 is 1.64 bits per heavy atom. The molecule has 0 saturated heterocycles. The molecule has 5 N–H and O–H groups in total. The van der Waals surface area contributed by atoms with E-state index in [-0.39, 0.29) is 41.8 Å². The summed E-state index contributed by atoms with van der Waals surface area (Å²) in [6.07, 6.45) is -2.36. The molecule has 0 saturated carbocycles. The lowest BCUT2D eigenvalue weighted by Crippen LogP contribution is -2.15. The van der Waals surface area contributed by atoms with Crippen molar-refractivity contribution < 1.29 is 34.8 Å². The van der Waals surface area contributed by atoms with E-state index in [9.17, 15) is 34.8 Å². The molecule has 3 aromatic rings. The van der Waals surface area contributed by atoms with Crippen LogP contribution in [0.3, 0.4) is 0 Å². The molecule has 4 rings (SSSR count). The number of alkyl halides is 3. The number of fused-ring (bicyclic) bond motifs is 1. The molecule has 39 heavy (non-hydrogen) atoms. The molecule has 1 aliphatic rings. The molecule has 1 amide bonds. The molecule has 2 aromatic carbocycles. The topological polar surface area (TPSA) is 171 Å². The zero-order valence-electron chi connectivity index (χ0n) is 20.3. The monoisotopic (exact) mass is 585 g/mol. The van der Waals surface area contributed by atoms with Gasteiger partial charge in [0, 0.05) is 29.7 Å². The normalized spacial score (nSPS) is 13.4. The molecule has 12 nitrogen and oxygen atoms in total. The van der Waals surface area contributed by atoms with E-state index in [4.69, 9.17) is 0 Å². The van der Waals surface area contributed by atoms with Gasteiger partial charge in [0.2, 0.25) is 31.9 Å². The second kappa shape index (κ2) is 10.2. The minimum Gasteiger partial charge on any atom is -0.365 e. The minimum atomic E-state index is -4.81. The summed E-state index contributed by atoms with van der Waals surface area (Å²) in [5.41, 5.74) is 0.672. The standard InChI is InChI=1S/C22H22F3N7O5S2/c1-38(34,35)31-13-6-12(7-14(8-13)32-39(2,36)37)10-26-20-16(22(23,24)25)11-27-21(30-20)29-18-5-3-4-17-15(18)9-19(33)28-17/h3-8,11,31-32H,9-10H2,1-2H3,(H,28,33)(H2,26,27,29,30). The molecule has 208 valence electrons. The zero-order chi connectivity index (χ0) is 28.6. The van der Waals surface area contributed by atoms with Gasteiger partial charge in [-0.05, 0) is 35.9 Å². The van der Waals surface area contributed by atoms with Crippen molar-refractivity contribution in [2.45, 2.75) is 19.1 Å². The molecule has 1 aliphatic heterocycles. The van der Waals surface area contributed by atoms with Crippen LogP contribution in [0, 0.1) is 0 Å². The number of carbonyl (C=O) groups excluding carboxylic acids is 1. The van der Waals surface area contributed by atoms with Crippen molar-refractivity contribution in [1.29, 1.82) is 0 Å². The van der Waals surface area contributed by atoms with Gasteiger partial charge in [-0.2, -0.15) is 18.2 Å². The maximum absolute atomic E-state index is 13.7. The molecular weight excluding hydrogens is 563 g/mol. The van der Waals surface area contributed by atoms with Crippen LogP contribution in [-0.2, 0) is 44.0 Å². The maximum Gasteiger partial charge on any atom is 0.421 e. The van der Waals surface area contributed by atoms with E-state index in [1.165, 1.54) is 18.2 Å². The summed E-state index contributed by atoms with van der Waals surface area (Å²) in [5.74, 6) is -0.988. The number of anilines is 6. The number of aromatic nitrogens is 2. The van der Waals surface area contributed by atoms with Crippen molar-refractivity contribution >= 4 is 60.5 Å². The highest BCUT2D eigenvalue weighted by Gasteiger charge is 2.35. The van der Waals surface area contributed by atoms with Crippen LogP contribution in [0.25, 0.3) is 0 Å². The first-order valence-corrected chi connectivity index (χ1v) is 14.8. The number of carbonyl (C=O) groups is 1. The molecular formula is C22H22F3N7O5S2. The third kappa shape index (κ3) is 7.47. The molecule has 0 bridgehead atoms. The summed E-state index contributed by atoms with van der Waals surface area (Å²) in [5, 5.41) is 8.08. The number of hydrogen-bond donors (Lipinski definition) is 5. The van der Waals surface area contributed by atoms with Gasteiger partial charge in [-0.15, -0.1) is 0 Å². The van der Waals surface area contributed by atoms with Gasteiger partial charge in [0.05, 0.1) is 30.3 Å². The van der Waals surface area contributed by atoms with E-state index >= 15 is 0 Å². The smallest absolute Gasteiger partial charge is 0.365 e. The molecule has 0 radical (unpaired) electrons. The number of sulfonamides is 2. The van der Waals surface area contributed by atoms with Crippen molar-refractivity contribution in [2.75, 3.05) is 37.9 Å². The average molecular weight is 586 g/mol. The Bertz CT molecular complexity index is 1610. The number of hydrogen-bond acceptors (Lipinski definition) is 9. The van der Waals surface area contributed by atoms with E-state index in [0.717, 1.165) is 12.5 Å². The minimum absolute atomic E-state index is 0.00914. The molecule has 0 fully saturated rings. The average Bonchev–Trinajstić information content (AvgIpc) is 3.16. The first-order valence-electron chi connectivity index (χ1n) is 11.0. The van der Waals surface area contributed by atoms with Gasteiger partial charge in [-0.25, -0.2) is 21.8 Å². The van der Waals surface area contributed by atoms with E-state index in [1.54, 1.807) is 18.2 Å². The zero-order valence-corrected chi connectivity index (χ0v) is 22.0. The lowest BCUT2D eigenvalue weighted by Gasteiger charge is -2.16. The van der Waals surface area contributed by atoms with Gasteiger partial charge < -0.3 is 16.0 Å². The second-order valence-electron chi connectivity index (χ2n) is 8.66. The number of benzene rings is 2. The molecule has 0 atom stereocenters. The van der Waals surface area contributed by atoms with Crippen molar-refractivity contribution in [2.24, 2.45) is 0 Å². The first kappa shape index (κ1) is 27.9. The summed E-state index contributed by atoms with van der Waals surface area (Å²) < 4.78 is 92.3. The van der Waals surface area contributed by atoms with Crippen LogP contribution >= 0.6 is 0 Å². The van der Waals surface area contributed by atoms with Crippen LogP contribution < -0.4 is 25.4 Å². The first-order chi connectivity index (χ1) is 18.1. The van der Waals surface area contributed by atoms with Crippen LogP contribution in [0.15, 0.2) is 42.6 Å². The predicted octanol–water partition coefficient (Wildman–Crippen LogP) is 3.09. The lowest BCUT2D eigenvalue weighted by atomic mass is 10.1. The fourth-order valence-corrected chi connectivity index (χ4v) is 4.89. The third-order valence-electron chi connectivity index (χ3n) is 5.19. The number of amides is 1. The summed E-state index contributed by atoms with van der Waals surface area (Å²) >= 11 is 0. The van der Waals surface area contributed by atoms with Crippen LogP contribution in [-0.4, -0.2) is 45.2 Å². The van der Waals surface area contributed by atoms with Crippen molar-refractivity contribution in [1.82, 2.24) is 9.97 Å².